The minimum atomic E-state index is -0.238. The largest absolute Gasteiger partial charge is 0.466 e. The van der Waals surface area contributed by atoms with Gasteiger partial charge in [-0.05, 0) is 51.4 Å². The van der Waals surface area contributed by atoms with Crippen molar-refractivity contribution in [3.63, 3.8) is 0 Å². The second-order valence-corrected chi connectivity index (χ2v) is 12.8. The molecule has 270 valence electrons. The molecule has 0 N–H and O–H groups in total. The molecule has 0 aliphatic heterocycles. The Labute approximate surface area is 281 Å². The third-order valence-electron chi connectivity index (χ3n) is 8.20. The maximum absolute atomic E-state index is 12.2. The maximum atomic E-state index is 12.2. The van der Waals surface area contributed by atoms with E-state index in [9.17, 15) is 19.2 Å². The number of ether oxygens (including phenoxy) is 4. The van der Waals surface area contributed by atoms with Crippen LogP contribution in [0.5, 0.6) is 0 Å². The Morgan fingerprint density at radius 3 is 0.957 bits per heavy atom. The van der Waals surface area contributed by atoms with Gasteiger partial charge in [-0.25, -0.2) is 0 Å². The lowest BCUT2D eigenvalue weighted by molar-refractivity contribution is -0.152. The van der Waals surface area contributed by atoms with E-state index in [-0.39, 0.29) is 61.8 Å². The lowest BCUT2D eigenvalue weighted by atomic mass is 10.1. The number of esters is 4. The fourth-order valence-corrected chi connectivity index (χ4v) is 5.28. The van der Waals surface area contributed by atoms with Crippen molar-refractivity contribution in [2.75, 3.05) is 13.2 Å². The molecule has 0 fully saturated rings. The van der Waals surface area contributed by atoms with Crippen molar-refractivity contribution in [1.29, 1.82) is 0 Å². The molecule has 0 spiro atoms. The van der Waals surface area contributed by atoms with Gasteiger partial charge in [0.05, 0.1) is 13.2 Å². The van der Waals surface area contributed by atoms with Crippen LogP contribution >= 0.6 is 0 Å². The second-order valence-electron chi connectivity index (χ2n) is 12.8. The van der Waals surface area contributed by atoms with Crippen molar-refractivity contribution < 1.29 is 38.1 Å². The van der Waals surface area contributed by atoms with E-state index in [1.807, 2.05) is 0 Å². The summed E-state index contributed by atoms with van der Waals surface area (Å²) in [7, 11) is 0. The van der Waals surface area contributed by atoms with Crippen LogP contribution in [0.15, 0.2) is 0 Å². The molecule has 8 heteroatoms. The number of unbranched alkanes of at least 4 members (excludes halogenated alkanes) is 11. The van der Waals surface area contributed by atoms with Gasteiger partial charge in [-0.1, -0.05) is 118 Å². The minimum absolute atomic E-state index is 0.00784. The van der Waals surface area contributed by atoms with Crippen LogP contribution in [0.3, 0.4) is 0 Å². The zero-order chi connectivity index (χ0) is 34.1. The molecule has 0 rings (SSSR count). The summed E-state index contributed by atoms with van der Waals surface area (Å²) in [5, 5.41) is 0. The monoisotopic (exact) mass is 655 g/mol. The first kappa shape index (κ1) is 43.9. The Balaban J connectivity index is 3.65. The topological polar surface area (TPSA) is 105 Å². The van der Waals surface area contributed by atoms with Crippen molar-refractivity contribution in [3.05, 3.63) is 0 Å². The van der Waals surface area contributed by atoms with Crippen molar-refractivity contribution >= 4 is 23.9 Å². The van der Waals surface area contributed by atoms with Gasteiger partial charge >= 0.3 is 23.9 Å². The van der Waals surface area contributed by atoms with E-state index in [1.165, 1.54) is 0 Å². The Morgan fingerprint density at radius 2 is 0.652 bits per heavy atom. The van der Waals surface area contributed by atoms with E-state index >= 15 is 0 Å². The van der Waals surface area contributed by atoms with Crippen LogP contribution in [0.1, 0.15) is 195 Å². The van der Waals surface area contributed by atoms with Crippen LogP contribution in [-0.2, 0) is 38.1 Å². The van der Waals surface area contributed by atoms with Gasteiger partial charge in [0, 0.05) is 25.7 Å². The number of rotatable bonds is 33. The molecule has 0 aliphatic carbocycles. The Bertz CT molecular complexity index is 675. The molecule has 46 heavy (non-hydrogen) atoms. The van der Waals surface area contributed by atoms with Gasteiger partial charge in [-0.2, -0.15) is 0 Å². The molecule has 0 saturated carbocycles. The smallest absolute Gasteiger partial charge is 0.306 e. The van der Waals surface area contributed by atoms with E-state index < -0.39 is 0 Å². The van der Waals surface area contributed by atoms with Gasteiger partial charge in [-0.15, -0.1) is 0 Å². The van der Waals surface area contributed by atoms with E-state index in [1.54, 1.807) is 0 Å². The zero-order valence-electron chi connectivity index (χ0n) is 30.2. The number of hydrogen-bond acceptors (Lipinski definition) is 8. The van der Waals surface area contributed by atoms with Gasteiger partial charge in [0.15, 0.2) is 0 Å². The molecular formula is C38H70O8. The Hall–Kier alpha value is -2.12. The predicted molar refractivity (Wildman–Crippen MR) is 184 cm³/mol. The van der Waals surface area contributed by atoms with Gasteiger partial charge in [0.25, 0.3) is 0 Å². The zero-order valence-corrected chi connectivity index (χ0v) is 30.2. The van der Waals surface area contributed by atoms with Gasteiger partial charge < -0.3 is 18.9 Å². The summed E-state index contributed by atoms with van der Waals surface area (Å²) >= 11 is 0. The molecular weight excluding hydrogens is 584 g/mol. The quantitative estimate of drug-likeness (QED) is 0.0391. The molecule has 8 nitrogen and oxygen atoms in total. The van der Waals surface area contributed by atoms with Crippen LogP contribution in [0, 0.1) is 0 Å². The van der Waals surface area contributed by atoms with E-state index in [0.717, 1.165) is 128 Å². The molecule has 0 saturated heterocycles. The number of carbonyl (C=O) groups excluding carboxylic acids is 4. The predicted octanol–water partition coefficient (Wildman–Crippen LogP) is 10.1. The minimum Gasteiger partial charge on any atom is -0.466 e. The molecule has 0 radical (unpaired) electrons. The lowest BCUT2D eigenvalue weighted by Gasteiger charge is -2.17. The average molecular weight is 655 g/mol. The summed E-state index contributed by atoms with van der Waals surface area (Å²) in [5.74, 6) is -0.882. The van der Waals surface area contributed by atoms with Crippen LogP contribution in [0.4, 0.5) is 0 Å². The lowest BCUT2D eigenvalue weighted by Crippen LogP contribution is -2.18. The Kier molecular flexibility index (Phi) is 31.3. The van der Waals surface area contributed by atoms with Crippen molar-refractivity contribution in [2.24, 2.45) is 0 Å². The summed E-state index contributed by atoms with van der Waals surface area (Å²) in [4.78, 5) is 48.3. The Morgan fingerprint density at radius 1 is 0.370 bits per heavy atom. The highest BCUT2D eigenvalue weighted by Crippen LogP contribution is 2.16. The SMILES string of the molecule is CCCCC(CCCC)OC(=O)CCCC(=O)OCCCCCCCCCCOC(=O)CCCC(=O)OC(CCCC)CCCC. The summed E-state index contributed by atoms with van der Waals surface area (Å²) < 4.78 is 21.9. The second kappa shape index (κ2) is 32.8. The van der Waals surface area contributed by atoms with Crippen LogP contribution < -0.4 is 0 Å². The van der Waals surface area contributed by atoms with Crippen molar-refractivity contribution in [2.45, 2.75) is 207 Å². The molecule has 0 aromatic carbocycles. The highest BCUT2D eigenvalue weighted by molar-refractivity contribution is 5.73. The molecule has 0 amide bonds. The standard InChI is InChI=1S/C38H70O8/c1-5-9-23-33(24-10-6-2)45-37(41)29-21-27-35(39)43-31-19-17-15-13-14-16-18-20-32-44-36(40)28-22-30-38(42)46-34(25-11-7-3)26-12-8-4/h33-34H,5-32H2,1-4H3. The number of hydrogen-bond donors (Lipinski definition) is 0. The molecule has 0 aromatic heterocycles. The first-order valence-electron chi connectivity index (χ1n) is 19.1. The third-order valence-corrected chi connectivity index (χ3v) is 8.20. The molecule has 0 heterocycles. The van der Waals surface area contributed by atoms with E-state index in [0.29, 0.717) is 26.1 Å². The van der Waals surface area contributed by atoms with Gasteiger partial charge in [0.2, 0.25) is 0 Å². The highest BCUT2D eigenvalue weighted by atomic mass is 16.6. The molecule has 0 aromatic rings. The summed E-state index contributed by atoms with van der Waals surface area (Å²) in [5.41, 5.74) is 0. The molecule has 0 atom stereocenters. The van der Waals surface area contributed by atoms with Gasteiger partial charge in [-0.3, -0.25) is 19.2 Å². The summed E-state index contributed by atoms with van der Waals surface area (Å²) in [6.45, 7) is 9.43. The van der Waals surface area contributed by atoms with Crippen LogP contribution in [-0.4, -0.2) is 49.3 Å². The fraction of sp³-hybridized carbons (Fsp3) is 0.895. The van der Waals surface area contributed by atoms with E-state index in [4.69, 9.17) is 18.9 Å². The van der Waals surface area contributed by atoms with Crippen molar-refractivity contribution in [1.82, 2.24) is 0 Å². The summed E-state index contributed by atoms with van der Waals surface area (Å²) in [6, 6.07) is 0. The third kappa shape index (κ3) is 29.3. The fourth-order valence-electron chi connectivity index (χ4n) is 5.28. The molecule has 0 bridgehead atoms. The van der Waals surface area contributed by atoms with E-state index in [2.05, 4.69) is 27.7 Å². The van der Waals surface area contributed by atoms with Gasteiger partial charge in [0.1, 0.15) is 12.2 Å². The maximum Gasteiger partial charge on any atom is 0.306 e. The molecule has 0 unspecified atom stereocenters. The number of carbonyl (C=O) groups is 4. The first-order valence-corrected chi connectivity index (χ1v) is 19.1. The van der Waals surface area contributed by atoms with Crippen LogP contribution in [0.2, 0.25) is 0 Å². The van der Waals surface area contributed by atoms with Crippen LogP contribution in [0.25, 0.3) is 0 Å². The molecule has 0 aliphatic rings. The highest BCUT2D eigenvalue weighted by Gasteiger charge is 2.16. The van der Waals surface area contributed by atoms with Crippen molar-refractivity contribution in [3.8, 4) is 0 Å². The summed E-state index contributed by atoms with van der Waals surface area (Å²) in [6.07, 6.45) is 22.6. The average Bonchev–Trinajstić information content (AvgIpc) is 3.03. The normalized spacial score (nSPS) is 11.2. The first-order chi connectivity index (χ1) is 22.4.